The predicted molar refractivity (Wildman–Crippen MR) is 62.7 cm³/mol. The summed E-state index contributed by atoms with van der Waals surface area (Å²) in [5.41, 5.74) is 2.14. The molecule has 0 aromatic carbocycles. The van der Waals surface area contributed by atoms with Gasteiger partial charge in [0, 0.05) is 10.7 Å². The molecular weight excluding hydrogens is 254 g/mol. The van der Waals surface area contributed by atoms with Crippen molar-refractivity contribution in [3.63, 3.8) is 0 Å². The van der Waals surface area contributed by atoms with Gasteiger partial charge in [-0.2, -0.15) is 5.10 Å². The van der Waals surface area contributed by atoms with Gasteiger partial charge in [0.2, 0.25) is 0 Å². The number of aromatic nitrogens is 3. The summed E-state index contributed by atoms with van der Waals surface area (Å²) in [5.74, 6) is 0. The molecule has 4 heteroatoms. The Morgan fingerprint density at radius 2 is 2.07 bits per heavy atom. The maximum atomic E-state index is 4.45. The fourth-order valence-corrected chi connectivity index (χ4v) is 2.66. The summed E-state index contributed by atoms with van der Waals surface area (Å²) in [5, 5.41) is 4.45. The number of nitrogens with zero attached hydrogens (tertiary/aromatic N) is 3. The monoisotopic (exact) mass is 265 g/mol. The van der Waals surface area contributed by atoms with E-state index in [-0.39, 0.29) is 0 Å². The van der Waals surface area contributed by atoms with Crippen LogP contribution in [0, 0.1) is 0 Å². The second kappa shape index (κ2) is 3.59. The van der Waals surface area contributed by atoms with Crippen LogP contribution in [0.4, 0.5) is 0 Å². The molecule has 1 aliphatic carbocycles. The van der Waals surface area contributed by atoms with Crippen LogP contribution in [-0.4, -0.2) is 14.8 Å². The Kier molecular flexibility index (Phi) is 2.24. The maximum Gasteiger partial charge on any atom is 0.108 e. The number of halogens is 1. The smallest absolute Gasteiger partial charge is 0.108 e. The zero-order chi connectivity index (χ0) is 10.3. The first-order valence-corrected chi connectivity index (χ1v) is 6.12. The largest absolute Gasteiger partial charge is 0.260 e. The van der Waals surface area contributed by atoms with E-state index < -0.39 is 0 Å². The summed E-state index contributed by atoms with van der Waals surface area (Å²) in [6.07, 6.45) is 8.84. The van der Waals surface area contributed by atoms with Crippen molar-refractivity contribution in [2.75, 3.05) is 0 Å². The highest BCUT2D eigenvalue weighted by Gasteiger charge is 2.19. The average molecular weight is 266 g/mol. The molecule has 1 saturated carbocycles. The zero-order valence-electron chi connectivity index (χ0n) is 8.36. The predicted octanol–water partition coefficient (Wildman–Crippen LogP) is 3.31. The van der Waals surface area contributed by atoms with Crippen molar-refractivity contribution in [2.24, 2.45) is 0 Å². The van der Waals surface area contributed by atoms with Crippen molar-refractivity contribution in [3.05, 3.63) is 22.9 Å². The Morgan fingerprint density at radius 3 is 2.87 bits per heavy atom. The molecule has 3 rings (SSSR count). The van der Waals surface area contributed by atoms with Gasteiger partial charge in [-0.3, -0.25) is 9.67 Å². The summed E-state index contributed by atoms with van der Waals surface area (Å²) in [6.45, 7) is 0. The highest BCUT2D eigenvalue weighted by molar-refractivity contribution is 9.10. The van der Waals surface area contributed by atoms with Crippen LogP contribution in [0.15, 0.2) is 22.9 Å². The summed E-state index contributed by atoms with van der Waals surface area (Å²) in [7, 11) is 0. The van der Waals surface area contributed by atoms with Gasteiger partial charge in [-0.1, -0.05) is 12.8 Å². The molecule has 0 N–H and O–H groups in total. The fourth-order valence-electron chi connectivity index (χ4n) is 2.34. The second-order valence-corrected chi connectivity index (χ2v) is 5.00. The van der Waals surface area contributed by atoms with Crippen molar-refractivity contribution in [1.29, 1.82) is 0 Å². The Morgan fingerprint density at radius 1 is 1.27 bits per heavy atom. The molecule has 0 saturated heterocycles. The molecule has 15 heavy (non-hydrogen) atoms. The molecule has 1 fully saturated rings. The third kappa shape index (κ3) is 1.57. The van der Waals surface area contributed by atoms with E-state index in [1.54, 1.807) is 0 Å². The summed E-state index contributed by atoms with van der Waals surface area (Å²) < 4.78 is 3.16. The van der Waals surface area contributed by atoms with E-state index >= 15 is 0 Å². The van der Waals surface area contributed by atoms with E-state index in [0.717, 1.165) is 15.5 Å². The van der Waals surface area contributed by atoms with E-state index in [1.807, 2.05) is 12.4 Å². The molecule has 3 nitrogen and oxygen atoms in total. The summed E-state index contributed by atoms with van der Waals surface area (Å²) in [4.78, 5) is 4.34. The van der Waals surface area contributed by atoms with Gasteiger partial charge in [0.05, 0.1) is 17.8 Å². The van der Waals surface area contributed by atoms with E-state index in [2.05, 4.69) is 36.8 Å². The van der Waals surface area contributed by atoms with Crippen LogP contribution in [0.1, 0.15) is 31.7 Å². The number of rotatable bonds is 1. The van der Waals surface area contributed by atoms with Gasteiger partial charge >= 0.3 is 0 Å². The highest BCUT2D eigenvalue weighted by Crippen LogP contribution is 2.31. The van der Waals surface area contributed by atoms with Gasteiger partial charge < -0.3 is 0 Å². The minimum atomic E-state index is 0.582. The first-order chi connectivity index (χ1) is 7.34. The molecule has 2 aromatic heterocycles. The lowest BCUT2D eigenvalue weighted by Crippen LogP contribution is -2.05. The van der Waals surface area contributed by atoms with E-state index in [1.165, 1.54) is 25.7 Å². The van der Waals surface area contributed by atoms with Crippen molar-refractivity contribution in [2.45, 2.75) is 31.7 Å². The average Bonchev–Trinajstić information content (AvgIpc) is 2.83. The van der Waals surface area contributed by atoms with Crippen LogP contribution in [0.5, 0.6) is 0 Å². The van der Waals surface area contributed by atoms with Gasteiger partial charge in [0.25, 0.3) is 0 Å². The van der Waals surface area contributed by atoms with Crippen LogP contribution in [0.3, 0.4) is 0 Å². The minimum Gasteiger partial charge on any atom is -0.260 e. The first-order valence-electron chi connectivity index (χ1n) is 5.33. The molecule has 2 aromatic rings. The number of hydrogen-bond acceptors (Lipinski definition) is 2. The Bertz CT molecular complexity index is 486. The normalized spacial score (nSPS) is 17.7. The second-order valence-electron chi connectivity index (χ2n) is 4.09. The van der Waals surface area contributed by atoms with E-state index in [9.17, 15) is 0 Å². The summed E-state index contributed by atoms with van der Waals surface area (Å²) >= 11 is 3.46. The van der Waals surface area contributed by atoms with E-state index in [0.29, 0.717) is 6.04 Å². The summed E-state index contributed by atoms with van der Waals surface area (Å²) in [6, 6.07) is 2.69. The number of pyridine rings is 1. The molecule has 0 radical (unpaired) electrons. The SMILES string of the molecule is Brc1cnc2cnn(C3CCCC3)c2c1. The van der Waals surface area contributed by atoms with Crippen molar-refractivity contribution in [1.82, 2.24) is 14.8 Å². The molecular formula is C11H12BrN3. The molecule has 0 aliphatic heterocycles. The van der Waals surface area contributed by atoms with Crippen LogP contribution >= 0.6 is 15.9 Å². The molecule has 78 valence electrons. The molecule has 0 amide bonds. The van der Waals surface area contributed by atoms with Crippen LogP contribution in [0.2, 0.25) is 0 Å². The maximum absolute atomic E-state index is 4.45. The molecule has 0 atom stereocenters. The van der Waals surface area contributed by atoms with Crippen molar-refractivity contribution < 1.29 is 0 Å². The first kappa shape index (κ1) is 9.33. The number of hydrogen-bond donors (Lipinski definition) is 0. The van der Waals surface area contributed by atoms with Crippen LogP contribution in [-0.2, 0) is 0 Å². The molecule has 2 heterocycles. The van der Waals surface area contributed by atoms with Gasteiger partial charge in [0.1, 0.15) is 5.52 Å². The number of fused-ring (bicyclic) bond motifs is 1. The Hall–Kier alpha value is -0.900. The molecule has 1 aliphatic rings. The van der Waals surface area contributed by atoms with Crippen molar-refractivity contribution in [3.8, 4) is 0 Å². The van der Waals surface area contributed by atoms with Crippen LogP contribution < -0.4 is 0 Å². The van der Waals surface area contributed by atoms with Crippen molar-refractivity contribution >= 4 is 27.0 Å². The topological polar surface area (TPSA) is 30.7 Å². The molecule has 0 bridgehead atoms. The molecule has 0 unspecified atom stereocenters. The lowest BCUT2D eigenvalue weighted by atomic mass is 10.2. The van der Waals surface area contributed by atoms with Gasteiger partial charge in [-0.15, -0.1) is 0 Å². The Labute approximate surface area is 96.6 Å². The quantitative estimate of drug-likeness (QED) is 0.792. The minimum absolute atomic E-state index is 0.582. The van der Waals surface area contributed by atoms with Gasteiger partial charge in [0.15, 0.2) is 0 Å². The fraction of sp³-hybridized carbons (Fsp3) is 0.455. The lowest BCUT2D eigenvalue weighted by Gasteiger charge is -2.10. The van der Waals surface area contributed by atoms with Gasteiger partial charge in [-0.05, 0) is 34.8 Å². The third-order valence-corrected chi connectivity index (χ3v) is 3.52. The third-order valence-electron chi connectivity index (χ3n) is 3.09. The zero-order valence-corrected chi connectivity index (χ0v) is 9.94. The Balaban J connectivity index is 2.13. The van der Waals surface area contributed by atoms with E-state index in [4.69, 9.17) is 0 Å². The highest BCUT2D eigenvalue weighted by atomic mass is 79.9. The van der Waals surface area contributed by atoms with Gasteiger partial charge in [-0.25, -0.2) is 0 Å². The van der Waals surface area contributed by atoms with Crippen LogP contribution in [0.25, 0.3) is 11.0 Å². The molecule has 0 spiro atoms. The standard InChI is InChI=1S/C11H12BrN3/c12-8-5-11-10(13-6-8)7-14-15(11)9-3-1-2-4-9/h5-7,9H,1-4H2. The lowest BCUT2D eigenvalue weighted by molar-refractivity contribution is 0.482.